The second kappa shape index (κ2) is 8.84. The van der Waals surface area contributed by atoms with Crippen LogP contribution >= 0.6 is 40.1 Å². The number of rotatable bonds is 5. The highest BCUT2D eigenvalue weighted by molar-refractivity contribution is 9.10. The maximum Gasteiger partial charge on any atom is 0.221 e. The van der Waals surface area contributed by atoms with E-state index >= 15 is 0 Å². The minimum Gasteiger partial charge on any atom is -0.352 e. The number of hydrogen-bond acceptors (Lipinski definition) is 3. The lowest BCUT2D eigenvalue weighted by Gasteiger charge is -2.11. The van der Waals surface area contributed by atoms with E-state index in [1.807, 2.05) is 18.2 Å². The average Bonchev–Trinajstić information content (AvgIpc) is 2.84. The summed E-state index contributed by atoms with van der Waals surface area (Å²) in [6, 6.07) is 8.41. The zero-order valence-corrected chi connectivity index (χ0v) is 13.7. The third-order valence-electron chi connectivity index (χ3n) is 2.85. The maximum atomic E-state index is 11.7. The van der Waals surface area contributed by atoms with Gasteiger partial charge in [0.1, 0.15) is 0 Å². The first kappa shape index (κ1) is 16.8. The summed E-state index contributed by atoms with van der Waals surface area (Å²) in [5.74, 6) is 0.970. The monoisotopic (exact) mass is 364 g/mol. The van der Waals surface area contributed by atoms with Crippen LogP contribution in [0.1, 0.15) is 12.8 Å². The number of halogens is 2. The first-order valence-electron chi connectivity index (χ1n) is 6.13. The highest BCUT2D eigenvalue weighted by atomic mass is 79.9. The Labute approximate surface area is 132 Å². The van der Waals surface area contributed by atoms with E-state index in [-0.39, 0.29) is 18.3 Å². The van der Waals surface area contributed by atoms with Gasteiger partial charge in [0.15, 0.2) is 0 Å². The summed E-state index contributed by atoms with van der Waals surface area (Å²) >= 11 is 5.21. The molecule has 0 aliphatic carbocycles. The van der Waals surface area contributed by atoms with Crippen molar-refractivity contribution in [3.05, 3.63) is 28.7 Å². The summed E-state index contributed by atoms with van der Waals surface area (Å²) in [5.41, 5.74) is 0. The van der Waals surface area contributed by atoms with E-state index in [1.54, 1.807) is 11.8 Å². The van der Waals surface area contributed by atoms with Gasteiger partial charge in [0.25, 0.3) is 0 Å². The molecule has 0 bridgehead atoms. The lowest BCUT2D eigenvalue weighted by atomic mass is 10.2. The highest BCUT2D eigenvalue weighted by Gasteiger charge is 2.16. The molecule has 0 saturated carbocycles. The lowest BCUT2D eigenvalue weighted by Crippen LogP contribution is -2.36. The van der Waals surface area contributed by atoms with Crippen molar-refractivity contribution in [2.45, 2.75) is 23.8 Å². The van der Waals surface area contributed by atoms with E-state index in [4.69, 9.17) is 0 Å². The molecule has 1 aromatic carbocycles. The van der Waals surface area contributed by atoms with Crippen molar-refractivity contribution in [2.75, 3.05) is 18.8 Å². The SMILES string of the molecule is Cl.O=C(CCSc1ccccc1Br)NC1CCNC1. The molecule has 0 radical (unpaired) electrons. The Morgan fingerprint density at radius 3 is 2.95 bits per heavy atom. The molecule has 106 valence electrons. The van der Waals surface area contributed by atoms with Crippen molar-refractivity contribution in [1.29, 1.82) is 0 Å². The first-order valence-corrected chi connectivity index (χ1v) is 7.91. The van der Waals surface area contributed by atoms with Crippen LogP contribution in [-0.2, 0) is 4.79 Å². The standard InChI is InChI=1S/C13H17BrN2OS.ClH/c14-11-3-1-2-4-12(11)18-8-6-13(17)16-10-5-7-15-9-10;/h1-4,10,15H,5-9H2,(H,16,17);1H. The number of carbonyl (C=O) groups is 1. The molecular weight excluding hydrogens is 348 g/mol. The number of amides is 1. The second-order valence-electron chi connectivity index (χ2n) is 4.29. The van der Waals surface area contributed by atoms with Gasteiger partial charge >= 0.3 is 0 Å². The summed E-state index contributed by atoms with van der Waals surface area (Å²) in [7, 11) is 0. The minimum absolute atomic E-state index is 0. The van der Waals surface area contributed by atoms with Crippen LogP contribution < -0.4 is 10.6 Å². The van der Waals surface area contributed by atoms with Crippen molar-refractivity contribution >= 4 is 46.0 Å². The molecule has 1 aliphatic heterocycles. The number of hydrogen-bond donors (Lipinski definition) is 2. The van der Waals surface area contributed by atoms with Gasteiger partial charge in [-0.25, -0.2) is 0 Å². The molecular formula is C13H18BrClN2OS. The van der Waals surface area contributed by atoms with Crippen LogP contribution in [0.3, 0.4) is 0 Å². The first-order chi connectivity index (χ1) is 8.75. The molecule has 1 atom stereocenters. The molecule has 3 nitrogen and oxygen atoms in total. The molecule has 1 fully saturated rings. The van der Waals surface area contributed by atoms with Crippen LogP contribution in [0.15, 0.2) is 33.6 Å². The van der Waals surface area contributed by atoms with E-state index < -0.39 is 0 Å². The Hall–Kier alpha value is -0.230. The maximum absolute atomic E-state index is 11.7. The average molecular weight is 366 g/mol. The van der Waals surface area contributed by atoms with E-state index in [0.29, 0.717) is 12.5 Å². The molecule has 6 heteroatoms. The van der Waals surface area contributed by atoms with Crippen LogP contribution in [-0.4, -0.2) is 30.8 Å². The van der Waals surface area contributed by atoms with Gasteiger partial charge in [-0.2, -0.15) is 0 Å². The second-order valence-corrected chi connectivity index (χ2v) is 6.28. The molecule has 2 rings (SSSR count). The van der Waals surface area contributed by atoms with Crippen LogP contribution in [0.2, 0.25) is 0 Å². The fraction of sp³-hybridized carbons (Fsp3) is 0.462. The van der Waals surface area contributed by atoms with E-state index in [2.05, 4.69) is 32.6 Å². The molecule has 19 heavy (non-hydrogen) atoms. The van der Waals surface area contributed by atoms with Gasteiger partial charge in [0, 0.05) is 34.1 Å². The Balaban J connectivity index is 0.00000180. The van der Waals surface area contributed by atoms with Gasteiger partial charge in [-0.1, -0.05) is 12.1 Å². The summed E-state index contributed by atoms with van der Waals surface area (Å²) in [6.07, 6.45) is 1.62. The van der Waals surface area contributed by atoms with Gasteiger partial charge in [0.2, 0.25) is 5.91 Å². The van der Waals surface area contributed by atoms with Gasteiger partial charge in [0.05, 0.1) is 0 Å². The number of nitrogens with one attached hydrogen (secondary N) is 2. The molecule has 0 aromatic heterocycles. The predicted octanol–water partition coefficient (Wildman–Crippen LogP) is 2.83. The summed E-state index contributed by atoms with van der Waals surface area (Å²) in [4.78, 5) is 12.9. The van der Waals surface area contributed by atoms with E-state index in [1.165, 1.54) is 4.90 Å². The topological polar surface area (TPSA) is 41.1 Å². The van der Waals surface area contributed by atoms with Crippen LogP contribution in [0, 0.1) is 0 Å². The largest absolute Gasteiger partial charge is 0.352 e. The molecule has 2 N–H and O–H groups in total. The number of carbonyl (C=O) groups excluding carboxylic acids is 1. The predicted molar refractivity (Wildman–Crippen MR) is 86.1 cm³/mol. The Kier molecular flexibility index (Phi) is 7.83. The van der Waals surface area contributed by atoms with Crippen molar-refractivity contribution in [1.82, 2.24) is 10.6 Å². The van der Waals surface area contributed by atoms with Crippen LogP contribution in [0.25, 0.3) is 0 Å². The van der Waals surface area contributed by atoms with Crippen LogP contribution in [0.4, 0.5) is 0 Å². The normalized spacial score (nSPS) is 17.8. The number of benzene rings is 1. The molecule has 1 saturated heterocycles. The summed E-state index contributed by atoms with van der Waals surface area (Å²) in [6.45, 7) is 1.92. The molecule has 1 amide bonds. The summed E-state index contributed by atoms with van der Waals surface area (Å²) < 4.78 is 1.09. The third-order valence-corrected chi connectivity index (χ3v) is 4.88. The third kappa shape index (κ3) is 5.73. The van der Waals surface area contributed by atoms with Gasteiger partial charge in [-0.15, -0.1) is 24.2 Å². The van der Waals surface area contributed by atoms with Gasteiger partial charge in [-0.3, -0.25) is 4.79 Å². The van der Waals surface area contributed by atoms with Crippen molar-refractivity contribution < 1.29 is 4.79 Å². The van der Waals surface area contributed by atoms with Gasteiger partial charge < -0.3 is 10.6 Å². The highest BCUT2D eigenvalue weighted by Crippen LogP contribution is 2.27. The zero-order chi connectivity index (χ0) is 12.8. The molecule has 0 spiro atoms. The Bertz CT molecular complexity index is 413. The quantitative estimate of drug-likeness (QED) is 0.788. The fourth-order valence-corrected chi connectivity index (χ4v) is 3.41. The molecule has 1 unspecified atom stereocenters. The van der Waals surface area contributed by atoms with Crippen molar-refractivity contribution in [3.8, 4) is 0 Å². The Morgan fingerprint density at radius 2 is 2.26 bits per heavy atom. The zero-order valence-electron chi connectivity index (χ0n) is 10.5. The minimum atomic E-state index is 0. The molecule has 1 heterocycles. The molecule has 1 aromatic rings. The van der Waals surface area contributed by atoms with Gasteiger partial charge in [-0.05, 0) is 41.0 Å². The smallest absolute Gasteiger partial charge is 0.221 e. The van der Waals surface area contributed by atoms with E-state index in [9.17, 15) is 4.79 Å². The van der Waals surface area contributed by atoms with Crippen molar-refractivity contribution in [3.63, 3.8) is 0 Å². The summed E-state index contributed by atoms with van der Waals surface area (Å²) in [5, 5.41) is 6.29. The van der Waals surface area contributed by atoms with E-state index in [0.717, 1.165) is 29.7 Å². The molecule has 1 aliphatic rings. The Morgan fingerprint density at radius 1 is 1.47 bits per heavy atom. The fourth-order valence-electron chi connectivity index (χ4n) is 1.89. The number of thioether (sulfide) groups is 1. The lowest BCUT2D eigenvalue weighted by molar-refractivity contribution is -0.121. The van der Waals surface area contributed by atoms with Crippen LogP contribution in [0.5, 0.6) is 0 Å². The van der Waals surface area contributed by atoms with Crippen molar-refractivity contribution in [2.24, 2.45) is 0 Å².